The zero-order chi connectivity index (χ0) is 28.4. The van der Waals surface area contributed by atoms with Crippen molar-refractivity contribution in [2.45, 2.75) is 39.0 Å². The molecule has 2 atom stereocenters. The van der Waals surface area contributed by atoms with Crippen molar-refractivity contribution in [1.29, 1.82) is 0 Å². The van der Waals surface area contributed by atoms with E-state index in [0.717, 1.165) is 27.8 Å². The number of rotatable bonds is 12. The monoisotopic (exact) mass is 546 g/mol. The quantitative estimate of drug-likeness (QED) is 0.187. The number of H-pyrrole nitrogens is 1. The highest BCUT2D eigenvalue weighted by Crippen LogP contribution is 2.21. The number of carbonyl (C=O) groups excluding carboxylic acids is 2. The largest absolute Gasteiger partial charge is 0.461 e. The molecule has 2 N–H and O–H groups in total. The molecule has 41 heavy (non-hydrogen) atoms. The van der Waals surface area contributed by atoms with E-state index in [1.807, 2.05) is 85.8 Å². The second-order valence-electron chi connectivity index (χ2n) is 10.3. The minimum atomic E-state index is -0.404. The first-order valence-electron chi connectivity index (χ1n) is 13.9. The van der Waals surface area contributed by atoms with Gasteiger partial charge < -0.3 is 10.1 Å². The van der Waals surface area contributed by atoms with Crippen molar-refractivity contribution >= 4 is 11.9 Å². The topological polar surface area (TPSA) is 89.0 Å². The molecule has 0 saturated carbocycles. The molecule has 0 fully saturated rings. The van der Waals surface area contributed by atoms with Gasteiger partial charge in [-0.15, -0.1) is 5.10 Å². The molecule has 5 rings (SSSR count). The Morgan fingerprint density at radius 1 is 0.780 bits per heavy atom. The highest BCUT2D eigenvalue weighted by Gasteiger charge is 2.24. The number of hydrogen-bond acceptors (Lipinski definition) is 4. The average Bonchev–Trinajstić information content (AvgIpc) is 2.99. The van der Waals surface area contributed by atoms with Crippen LogP contribution in [0.5, 0.6) is 0 Å². The Morgan fingerprint density at radius 2 is 1.34 bits per heavy atom. The van der Waals surface area contributed by atoms with Gasteiger partial charge in [0.25, 0.3) is 5.91 Å². The number of ether oxygens (including phenoxy) is 1. The molecular formula is C34H34N4O3. The first-order valence-corrected chi connectivity index (χ1v) is 13.9. The molecule has 0 aliphatic carbocycles. The highest BCUT2D eigenvalue weighted by atomic mass is 16.5. The number of amides is 1. The third-order valence-electron chi connectivity index (χ3n) is 6.99. The summed E-state index contributed by atoms with van der Waals surface area (Å²) in [7, 11) is 0. The van der Waals surface area contributed by atoms with E-state index >= 15 is 0 Å². The zero-order valence-electron chi connectivity index (χ0n) is 23.1. The first kappa shape index (κ1) is 27.6. The summed E-state index contributed by atoms with van der Waals surface area (Å²) in [6, 6.07) is 37.7. The van der Waals surface area contributed by atoms with Crippen molar-refractivity contribution in [3.8, 4) is 11.1 Å². The molecule has 4 aromatic carbocycles. The number of carbonyl (C=O) groups is 2. The molecule has 5 aromatic rings. The van der Waals surface area contributed by atoms with Crippen LogP contribution in [0.4, 0.5) is 0 Å². The maximum absolute atomic E-state index is 13.1. The summed E-state index contributed by atoms with van der Waals surface area (Å²) >= 11 is 0. The van der Waals surface area contributed by atoms with Crippen molar-refractivity contribution in [1.82, 2.24) is 20.3 Å². The summed E-state index contributed by atoms with van der Waals surface area (Å²) in [4.78, 5) is 27.5. The number of hydrogen-bond donors (Lipinski definition) is 2. The molecule has 0 spiro atoms. The molecule has 0 bridgehead atoms. The standard InChI is InChI=1S/C34H34N4O3/c1-25(34(40)41-24-28-13-7-3-8-14-28)21-31(22-26-17-19-30(20-18-26)29-15-9-4-10-16-29)35-33(39)32-36-38(37-32)23-27-11-5-2-6-12-27/h2-20,25,31H,21-24H2,1H3,(H,35,39)(H,36,37)/t25-,31+/m1/s1. The number of esters is 1. The third-order valence-corrected chi connectivity index (χ3v) is 6.99. The van der Waals surface area contributed by atoms with Gasteiger partial charge in [-0.2, -0.15) is 4.80 Å². The van der Waals surface area contributed by atoms with E-state index in [4.69, 9.17) is 4.74 Å². The van der Waals surface area contributed by atoms with Gasteiger partial charge in [0.1, 0.15) is 6.61 Å². The predicted molar refractivity (Wildman–Crippen MR) is 159 cm³/mol. The van der Waals surface area contributed by atoms with Crippen LogP contribution in [0.1, 0.15) is 40.7 Å². The predicted octanol–water partition coefficient (Wildman–Crippen LogP) is 6.04. The normalized spacial score (nSPS) is 12.4. The van der Waals surface area contributed by atoms with Crippen molar-refractivity contribution in [3.05, 3.63) is 138 Å². The first-order chi connectivity index (χ1) is 20.0. The number of aromatic nitrogens is 3. The van der Waals surface area contributed by atoms with Crippen molar-refractivity contribution in [3.63, 3.8) is 0 Å². The number of nitrogens with zero attached hydrogens (tertiary/aromatic N) is 2. The molecule has 0 unspecified atom stereocenters. The Balaban J connectivity index is 1.24. The lowest BCUT2D eigenvalue weighted by atomic mass is 9.95. The van der Waals surface area contributed by atoms with Gasteiger partial charge in [-0.25, -0.2) is 0 Å². The number of nitrogens with one attached hydrogen (secondary N) is 2. The van der Waals surface area contributed by atoms with E-state index in [0.29, 0.717) is 19.4 Å². The van der Waals surface area contributed by atoms with Crippen molar-refractivity contribution in [2.75, 3.05) is 0 Å². The number of benzene rings is 4. The van der Waals surface area contributed by atoms with Gasteiger partial charge in [-0.1, -0.05) is 122 Å². The van der Waals surface area contributed by atoms with Gasteiger partial charge in [-0.05, 0) is 40.7 Å². The van der Waals surface area contributed by atoms with Crippen molar-refractivity contribution < 1.29 is 14.3 Å². The fraction of sp³-hybridized carbons (Fsp3) is 0.206. The van der Waals surface area contributed by atoms with Crippen LogP contribution in [-0.4, -0.2) is 32.9 Å². The SMILES string of the molecule is C[C@H](C[C@@H](Cc1ccc(-c2ccccc2)cc1)NC(=O)c1nn(Cc2ccccc2)[nH]1)C(=O)OCc1ccccc1. The fourth-order valence-electron chi connectivity index (χ4n) is 4.76. The van der Waals surface area contributed by atoms with Gasteiger partial charge in [-0.3, -0.25) is 14.7 Å². The molecule has 208 valence electrons. The molecule has 0 aliphatic rings. The lowest BCUT2D eigenvalue weighted by molar-refractivity contribution is -0.149. The van der Waals surface area contributed by atoms with E-state index < -0.39 is 5.92 Å². The Labute approximate surface area is 240 Å². The minimum Gasteiger partial charge on any atom is -0.461 e. The smallest absolute Gasteiger partial charge is 0.309 e. The molecule has 1 heterocycles. The van der Waals surface area contributed by atoms with Crippen LogP contribution in [0.2, 0.25) is 0 Å². The van der Waals surface area contributed by atoms with E-state index in [9.17, 15) is 9.59 Å². The molecule has 0 aliphatic heterocycles. The van der Waals surface area contributed by atoms with Gasteiger partial charge in [0.2, 0.25) is 5.82 Å². The molecular weight excluding hydrogens is 512 g/mol. The maximum Gasteiger partial charge on any atom is 0.309 e. The highest BCUT2D eigenvalue weighted by molar-refractivity contribution is 5.90. The Morgan fingerprint density at radius 3 is 1.98 bits per heavy atom. The summed E-state index contributed by atoms with van der Waals surface area (Å²) in [6.45, 7) is 2.62. The average molecular weight is 547 g/mol. The van der Waals surface area contributed by atoms with E-state index in [1.54, 1.807) is 4.80 Å². The number of aromatic amines is 1. The molecule has 0 saturated heterocycles. The van der Waals surface area contributed by atoms with Crippen LogP contribution < -0.4 is 5.32 Å². The van der Waals surface area contributed by atoms with Gasteiger partial charge in [0.05, 0.1) is 12.5 Å². The van der Waals surface area contributed by atoms with E-state index in [1.165, 1.54) is 0 Å². The zero-order valence-corrected chi connectivity index (χ0v) is 23.1. The summed E-state index contributed by atoms with van der Waals surface area (Å²) in [5, 5.41) is 10.4. The van der Waals surface area contributed by atoms with E-state index in [2.05, 4.69) is 51.9 Å². The van der Waals surface area contributed by atoms with Crippen molar-refractivity contribution in [2.24, 2.45) is 5.92 Å². The summed E-state index contributed by atoms with van der Waals surface area (Å²) < 4.78 is 5.57. The maximum atomic E-state index is 13.1. The molecule has 7 heteroatoms. The lowest BCUT2D eigenvalue weighted by Gasteiger charge is -2.23. The van der Waals surface area contributed by atoms with Crippen LogP contribution in [0, 0.1) is 5.92 Å². The molecule has 7 nitrogen and oxygen atoms in total. The van der Waals surface area contributed by atoms with Crippen LogP contribution in [0.15, 0.2) is 115 Å². The molecule has 0 radical (unpaired) electrons. The molecule has 1 aromatic heterocycles. The van der Waals surface area contributed by atoms with Crippen LogP contribution in [0.25, 0.3) is 11.1 Å². The fourth-order valence-corrected chi connectivity index (χ4v) is 4.76. The summed E-state index contributed by atoms with van der Waals surface area (Å²) in [5.74, 6) is -0.742. The summed E-state index contributed by atoms with van der Waals surface area (Å²) in [5.41, 5.74) is 5.36. The minimum absolute atomic E-state index is 0.222. The Bertz CT molecular complexity index is 1520. The summed E-state index contributed by atoms with van der Waals surface area (Å²) in [6.07, 6.45) is 0.999. The lowest BCUT2D eigenvalue weighted by Crippen LogP contribution is -2.41. The second kappa shape index (κ2) is 13.4. The third kappa shape index (κ3) is 7.82. The Kier molecular flexibility index (Phi) is 9.06. The molecule has 1 amide bonds. The van der Waals surface area contributed by atoms with Crippen LogP contribution in [-0.2, 0) is 29.1 Å². The van der Waals surface area contributed by atoms with E-state index in [-0.39, 0.29) is 30.3 Å². The van der Waals surface area contributed by atoms with Gasteiger partial charge in [0, 0.05) is 6.04 Å². The van der Waals surface area contributed by atoms with Crippen LogP contribution in [0.3, 0.4) is 0 Å². The Hall–Kier alpha value is -4.91. The van der Waals surface area contributed by atoms with Gasteiger partial charge in [0.15, 0.2) is 0 Å². The second-order valence-corrected chi connectivity index (χ2v) is 10.3. The van der Waals surface area contributed by atoms with Gasteiger partial charge >= 0.3 is 5.97 Å². The van der Waals surface area contributed by atoms with Crippen LogP contribution >= 0.6 is 0 Å².